The highest BCUT2D eigenvalue weighted by Gasteiger charge is 2.16. The van der Waals surface area contributed by atoms with Crippen LogP contribution in [-0.4, -0.2) is 16.2 Å². The number of carbonyl (C=O) groups is 1. The van der Waals surface area contributed by atoms with Gasteiger partial charge in [-0.15, -0.1) is 0 Å². The SMILES string of the molecule is O=C(O)c1ccc2cccc(-c3c(O)cc(F)cc3F)c2c1. The monoisotopic (exact) mass is 300 g/mol. The van der Waals surface area contributed by atoms with Crippen molar-refractivity contribution in [2.24, 2.45) is 0 Å². The van der Waals surface area contributed by atoms with E-state index in [1.54, 1.807) is 24.3 Å². The van der Waals surface area contributed by atoms with Gasteiger partial charge in [-0.05, 0) is 28.5 Å². The van der Waals surface area contributed by atoms with Gasteiger partial charge in [-0.1, -0.05) is 24.3 Å². The third kappa shape index (κ3) is 2.26. The molecule has 0 fully saturated rings. The molecule has 0 saturated carbocycles. The number of aromatic hydroxyl groups is 1. The molecule has 0 aliphatic rings. The zero-order chi connectivity index (χ0) is 15.9. The summed E-state index contributed by atoms with van der Waals surface area (Å²) in [6, 6.07) is 10.9. The number of aromatic carboxylic acids is 1. The Labute approximate surface area is 124 Å². The van der Waals surface area contributed by atoms with Gasteiger partial charge in [-0.25, -0.2) is 13.6 Å². The van der Waals surface area contributed by atoms with Gasteiger partial charge in [0.15, 0.2) is 0 Å². The number of hydrogen-bond donors (Lipinski definition) is 2. The van der Waals surface area contributed by atoms with Crippen LogP contribution in [0.1, 0.15) is 10.4 Å². The van der Waals surface area contributed by atoms with Crippen LogP contribution in [0.25, 0.3) is 21.9 Å². The van der Waals surface area contributed by atoms with Crippen LogP contribution in [0.3, 0.4) is 0 Å². The summed E-state index contributed by atoms with van der Waals surface area (Å²) in [6.45, 7) is 0. The second kappa shape index (κ2) is 5.11. The first-order valence-electron chi connectivity index (χ1n) is 6.42. The van der Waals surface area contributed by atoms with Crippen LogP contribution in [0.2, 0.25) is 0 Å². The Balaban J connectivity index is 2.36. The number of carboxylic acids is 1. The third-order valence-corrected chi connectivity index (χ3v) is 3.43. The van der Waals surface area contributed by atoms with Crippen molar-refractivity contribution >= 4 is 16.7 Å². The number of fused-ring (bicyclic) bond motifs is 1. The van der Waals surface area contributed by atoms with E-state index in [2.05, 4.69) is 0 Å². The first-order valence-corrected chi connectivity index (χ1v) is 6.42. The van der Waals surface area contributed by atoms with Gasteiger partial charge in [-0.2, -0.15) is 0 Å². The van der Waals surface area contributed by atoms with Crippen molar-refractivity contribution in [3.8, 4) is 16.9 Å². The Morgan fingerprint density at radius 1 is 1.00 bits per heavy atom. The molecule has 110 valence electrons. The molecule has 22 heavy (non-hydrogen) atoms. The lowest BCUT2D eigenvalue weighted by molar-refractivity contribution is 0.0697. The van der Waals surface area contributed by atoms with Crippen molar-refractivity contribution in [2.45, 2.75) is 0 Å². The minimum atomic E-state index is -1.11. The molecule has 5 heteroatoms. The summed E-state index contributed by atoms with van der Waals surface area (Å²) in [5.41, 5.74) is 0.187. The summed E-state index contributed by atoms with van der Waals surface area (Å²) in [5, 5.41) is 20.1. The summed E-state index contributed by atoms with van der Waals surface area (Å²) >= 11 is 0. The highest BCUT2D eigenvalue weighted by molar-refractivity contribution is 6.02. The van der Waals surface area contributed by atoms with E-state index in [1.807, 2.05) is 0 Å². The maximum absolute atomic E-state index is 14.1. The maximum Gasteiger partial charge on any atom is 0.335 e. The van der Waals surface area contributed by atoms with Gasteiger partial charge in [0.25, 0.3) is 0 Å². The molecule has 0 atom stereocenters. The molecular formula is C17H10F2O3. The topological polar surface area (TPSA) is 57.5 Å². The molecule has 0 radical (unpaired) electrons. The van der Waals surface area contributed by atoms with Gasteiger partial charge in [0.2, 0.25) is 0 Å². The minimum absolute atomic E-state index is 0.0435. The minimum Gasteiger partial charge on any atom is -0.507 e. The fraction of sp³-hybridized carbons (Fsp3) is 0. The average molecular weight is 300 g/mol. The van der Waals surface area contributed by atoms with Crippen LogP contribution < -0.4 is 0 Å². The molecule has 3 aromatic rings. The predicted octanol–water partition coefficient (Wildman–Crippen LogP) is 4.19. The lowest BCUT2D eigenvalue weighted by Gasteiger charge is -2.11. The molecule has 2 N–H and O–H groups in total. The van der Waals surface area contributed by atoms with Crippen LogP contribution in [0.4, 0.5) is 8.78 Å². The fourth-order valence-corrected chi connectivity index (χ4v) is 2.45. The Morgan fingerprint density at radius 3 is 2.45 bits per heavy atom. The normalized spacial score (nSPS) is 10.8. The summed E-state index contributed by atoms with van der Waals surface area (Å²) in [7, 11) is 0. The van der Waals surface area contributed by atoms with Gasteiger partial charge in [-0.3, -0.25) is 0 Å². The highest BCUT2D eigenvalue weighted by atomic mass is 19.1. The average Bonchev–Trinajstić information content (AvgIpc) is 2.45. The van der Waals surface area contributed by atoms with Gasteiger partial charge >= 0.3 is 5.97 Å². The number of benzene rings is 3. The van der Waals surface area contributed by atoms with E-state index in [-0.39, 0.29) is 11.1 Å². The van der Waals surface area contributed by atoms with Crippen molar-refractivity contribution in [1.29, 1.82) is 0 Å². The standard InChI is InChI=1S/C17H10F2O3/c18-11-7-14(19)16(15(20)8-11)12-3-1-2-9-4-5-10(17(21)22)6-13(9)12/h1-8,20H,(H,21,22). The van der Waals surface area contributed by atoms with E-state index in [4.69, 9.17) is 5.11 Å². The number of hydrogen-bond acceptors (Lipinski definition) is 2. The van der Waals surface area contributed by atoms with E-state index < -0.39 is 23.4 Å². The summed E-state index contributed by atoms with van der Waals surface area (Å²) in [4.78, 5) is 11.1. The predicted molar refractivity (Wildman–Crippen MR) is 77.9 cm³/mol. The Hall–Kier alpha value is -2.95. The zero-order valence-corrected chi connectivity index (χ0v) is 11.2. The summed E-state index contributed by atoms with van der Waals surface area (Å²) in [5.74, 6) is -3.44. The van der Waals surface area contributed by atoms with Crippen LogP contribution in [-0.2, 0) is 0 Å². The quantitative estimate of drug-likeness (QED) is 0.746. The molecule has 0 spiro atoms. The van der Waals surface area contributed by atoms with Crippen molar-refractivity contribution in [2.75, 3.05) is 0 Å². The molecule has 0 aromatic heterocycles. The molecule has 3 rings (SSSR count). The first kappa shape index (κ1) is 14.0. The largest absolute Gasteiger partial charge is 0.507 e. The van der Waals surface area contributed by atoms with Gasteiger partial charge < -0.3 is 10.2 Å². The number of rotatable bonds is 2. The second-order valence-corrected chi connectivity index (χ2v) is 4.83. The molecule has 0 amide bonds. The van der Waals surface area contributed by atoms with Crippen molar-refractivity contribution in [3.63, 3.8) is 0 Å². The van der Waals surface area contributed by atoms with Gasteiger partial charge in [0.1, 0.15) is 17.4 Å². The highest BCUT2D eigenvalue weighted by Crippen LogP contribution is 2.37. The number of phenolic OH excluding ortho intramolecular Hbond substituents is 1. The lowest BCUT2D eigenvalue weighted by Crippen LogP contribution is -1.96. The first-order chi connectivity index (χ1) is 10.5. The van der Waals surface area contributed by atoms with E-state index in [0.29, 0.717) is 22.4 Å². The number of phenols is 1. The third-order valence-electron chi connectivity index (χ3n) is 3.43. The van der Waals surface area contributed by atoms with E-state index in [0.717, 1.165) is 6.07 Å². The summed E-state index contributed by atoms with van der Waals surface area (Å²) in [6.07, 6.45) is 0. The summed E-state index contributed by atoms with van der Waals surface area (Å²) < 4.78 is 27.2. The maximum atomic E-state index is 14.1. The molecule has 0 aliphatic carbocycles. The van der Waals surface area contributed by atoms with Crippen molar-refractivity contribution < 1.29 is 23.8 Å². The number of halogens is 2. The van der Waals surface area contributed by atoms with Crippen molar-refractivity contribution in [1.82, 2.24) is 0 Å². The van der Waals surface area contributed by atoms with E-state index in [1.165, 1.54) is 12.1 Å². The van der Waals surface area contributed by atoms with Crippen molar-refractivity contribution in [3.05, 3.63) is 65.7 Å². The molecule has 0 heterocycles. The molecule has 3 aromatic carbocycles. The molecule has 0 unspecified atom stereocenters. The number of carboxylic acid groups (broad SMARTS) is 1. The molecular weight excluding hydrogens is 290 g/mol. The van der Waals surface area contributed by atoms with Crippen LogP contribution >= 0.6 is 0 Å². The zero-order valence-electron chi connectivity index (χ0n) is 11.2. The molecule has 0 aliphatic heterocycles. The van der Waals surface area contributed by atoms with Gasteiger partial charge in [0, 0.05) is 12.1 Å². The molecule has 3 nitrogen and oxygen atoms in total. The lowest BCUT2D eigenvalue weighted by atomic mass is 9.95. The van der Waals surface area contributed by atoms with E-state index >= 15 is 0 Å². The molecule has 0 saturated heterocycles. The Bertz CT molecular complexity index is 881. The van der Waals surface area contributed by atoms with Crippen LogP contribution in [0.5, 0.6) is 5.75 Å². The van der Waals surface area contributed by atoms with Gasteiger partial charge in [0.05, 0.1) is 11.1 Å². The molecule has 0 bridgehead atoms. The fourth-order valence-electron chi connectivity index (χ4n) is 2.45. The van der Waals surface area contributed by atoms with Crippen LogP contribution in [0, 0.1) is 11.6 Å². The second-order valence-electron chi connectivity index (χ2n) is 4.83. The smallest absolute Gasteiger partial charge is 0.335 e. The Kier molecular flexibility index (Phi) is 3.25. The van der Waals surface area contributed by atoms with E-state index in [9.17, 15) is 18.7 Å². The Morgan fingerprint density at radius 2 is 1.77 bits per heavy atom. The van der Waals surface area contributed by atoms with Crippen LogP contribution in [0.15, 0.2) is 48.5 Å².